The highest BCUT2D eigenvalue weighted by molar-refractivity contribution is 7.89. The SMILES string of the molecule is O=C(CCN1CCN(S(=O)(=O)c2cccc([N+](=O)[O-])c2)CC1)NCc1ccccc1Cl. The summed E-state index contributed by atoms with van der Waals surface area (Å²) in [6, 6.07) is 12.4. The normalized spacial score (nSPS) is 15.5. The number of halogens is 1. The summed E-state index contributed by atoms with van der Waals surface area (Å²) >= 11 is 6.08. The highest BCUT2D eigenvalue weighted by Gasteiger charge is 2.29. The van der Waals surface area contributed by atoms with Crippen LogP contribution in [-0.2, 0) is 21.4 Å². The van der Waals surface area contributed by atoms with Crippen molar-refractivity contribution in [3.05, 3.63) is 69.2 Å². The molecule has 1 amide bonds. The lowest BCUT2D eigenvalue weighted by atomic mass is 10.2. The second-order valence-electron chi connectivity index (χ2n) is 7.12. The quantitative estimate of drug-likeness (QED) is 0.471. The lowest BCUT2D eigenvalue weighted by molar-refractivity contribution is -0.385. The van der Waals surface area contributed by atoms with Crippen molar-refractivity contribution in [3.63, 3.8) is 0 Å². The van der Waals surface area contributed by atoms with Crippen LogP contribution in [0.3, 0.4) is 0 Å². The van der Waals surface area contributed by atoms with Gasteiger partial charge in [-0.3, -0.25) is 14.9 Å². The molecule has 1 N–H and O–H groups in total. The number of rotatable bonds is 8. The number of benzene rings is 2. The van der Waals surface area contributed by atoms with E-state index in [4.69, 9.17) is 11.6 Å². The molecule has 0 bridgehead atoms. The Morgan fingerprint density at radius 1 is 1.10 bits per heavy atom. The monoisotopic (exact) mass is 466 g/mol. The number of hydrogen-bond donors (Lipinski definition) is 1. The molecule has 31 heavy (non-hydrogen) atoms. The van der Waals surface area contributed by atoms with E-state index in [0.717, 1.165) is 11.6 Å². The highest BCUT2D eigenvalue weighted by atomic mass is 35.5. The van der Waals surface area contributed by atoms with Crippen LogP contribution in [0.2, 0.25) is 5.02 Å². The molecule has 1 aliphatic rings. The Morgan fingerprint density at radius 2 is 1.81 bits per heavy atom. The van der Waals surface area contributed by atoms with Gasteiger partial charge in [0, 0.05) is 62.8 Å². The van der Waals surface area contributed by atoms with Gasteiger partial charge in [-0.15, -0.1) is 0 Å². The lowest BCUT2D eigenvalue weighted by Crippen LogP contribution is -2.49. The van der Waals surface area contributed by atoms with Crippen molar-refractivity contribution in [1.29, 1.82) is 0 Å². The Hall–Kier alpha value is -2.53. The Kier molecular flexibility index (Phi) is 7.60. The zero-order valence-corrected chi connectivity index (χ0v) is 18.3. The summed E-state index contributed by atoms with van der Waals surface area (Å²) in [6.45, 7) is 2.34. The Morgan fingerprint density at radius 3 is 2.48 bits per heavy atom. The first-order chi connectivity index (χ1) is 14.8. The fourth-order valence-corrected chi connectivity index (χ4v) is 4.95. The maximum atomic E-state index is 12.8. The van der Waals surface area contributed by atoms with Crippen molar-refractivity contribution in [2.24, 2.45) is 0 Å². The van der Waals surface area contributed by atoms with E-state index in [2.05, 4.69) is 5.32 Å². The molecule has 0 spiro atoms. The number of carbonyl (C=O) groups excluding carboxylic acids is 1. The van der Waals surface area contributed by atoms with E-state index in [1.807, 2.05) is 23.1 Å². The Bertz CT molecular complexity index is 1060. The Labute approximate surface area is 185 Å². The van der Waals surface area contributed by atoms with Crippen molar-refractivity contribution in [3.8, 4) is 0 Å². The van der Waals surface area contributed by atoms with Crippen LogP contribution in [0, 0.1) is 10.1 Å². The summed E-state index contributed by atoms with van der Waals surface area (Å²) in [5.74, 6) is -0.105. The van der Waals surface area contributed by atoms with Crippen molar-refractivity contribution in [2.45, 2.75) is 17.9 Å². The van der Waals surface area contributed by atoms with Crippen LogP contribution < -0.4 is 5.32 Å². The molecule has 3 rings (SSSR count). The van der Waals surface area contributed by atoms with Gasteiger partial charge in [0.25, 0.3) is 5.69 Å². The average Bonchev–Trinajstić information content (AvgIpc) is 2.77. The van der Waals surface area contributed by atoms with Crippen LogP contribution in [0.1, 0.15) is 12.0 Å². The molecule has 0 radical (unpaired) electrons. The molecular weight excluding hydrogens is 444 g/mol. The van der Waals surface area contributed by atoms with E-state index in [1.165, 1.54) is 22.5 Å². The van der Waals surface area contributed by atoms with Crippen molar-refractivity contribution in [1.82, 2.24) is 14.5 Å². The number of non-ortho nitro benzene ring substituents is 1. The smallest absolute Gasteiger partial charge is 0.270 e. The number of nitrogens with one attached hydrogen (secondary N) is 1. The van der Waals surface area contributed by atoms with Gasteiger partial charge in [0.1, 0.15) is 0 Å². The fourth-order valence-electron chi connectivity index (χ4n) is 3.28. The molecular formula is C20H23ClN4O5S. The van der Waals surface area contributed by atoms with Crippen molar-refractivity contribution in [2.75, 3.05) is 32.7 Å². The fraction of sp³-hybridized carbons (Fsp3) is 0.350. The average molecular weight is 467 g/mol. The van der Waals surface area contributed by atoms with E-state index >= 15 is 0 Å². The molecule has 1 aliphatic heterocycles. The van der Waals surface area contributed by atoms with E-state index < -0.39 is 14.9 Å². The first-order valence-electron chi connectivity index (χ1n) is 9.74. The minimum absolute atomic E-state index is 0.0888. The second kappa shape index (κ2) is 10.2. The largest absolute Gasteiger partial charge is 0.352 e. The summed E-state index contributed by atoms with van der Waals surface area (Å²) in [4.78, 5) is 24.4. The molecule has 2 aromatic rings. The third-order valence-electron chi connectivity index (χ3n) is 5.09. The maximum absolute atomic E-state index is 12.8. The minimum atomic E-state index is -3.81. The number of sulfonamides is 1. The lowest BCUT2D eigenvalue weighted by Gasteiger charge is -2.33. The first-order valence-corrected chi connectivity index (χ1v) is 11.6. The second-order valence-corrected chi connectivity index (χ2v) is 9.46. The van der Waals surface area contributed by atoms with Crippen LogP contribution in [-0.4, -0.2) is 61.2 Å². The van der Waals surface area contributed by atoms with Gasteiger partial charge in [0.15, 0.2) is 0 Å². The van der Waals surface area contributed by atoms with Crippen LogP contribution in [0.15, 0.2) is 53.4 Å². The van der Waals surface area contributed by atoms with Crippen LogP contribution in [0.25, 0.3) is 0 Å². The van der Waals surface area contributed by atoms with Gasteiger partial charge in [-0.1, -0.05) is 35.9 Å². The molecule has 1 saturated heterocycles. The third kappa shape index (κ3) is 6.01. The molecule has 0 aromatic heterocycles. The molecule has 1 fully saturated rings. The highest BCUT2D eigenvalue weighted by Crippen LogP contribution is 2.22. The van der Waals surface area contributed by atoms with Crippen molar-refractivity contribution >= 4 is 33.2 Å². The number of hydrogen-bond acceptors (Lipinski definition) is 6. The van der Waals surface area contributed by atoms with Gasteiger partial charge >= 0.3 is 0 Å². The molecule has 0 saturated carbocycles. The summed E-state index contributed by atoms with van der Waals surface area (Å²) in [6.07, 6.45) is 0.294. The van der Waals surface area contributed by atoms with E-state index in [9.17, 15) is 23.3 Å². The van der Waals surface area contributed by atoms with Crippen LogP contribution in [0.5, 0.6) is 0 Å². The molecule has 9 nitrogen and oxygen atoms in total. The number of nitrogens with zero attached hydrogens (tertiary/aromatic N) is 3. The van der Waals surface area contributed by atoms with Crippen LogP contribution >= 0.6 is 11.6 Å². The van der Waals surface area contributed by atoms with E-state index in [1.54, 1.807) is 6.07 Å². The zero-order valence-electron chi connectivity index (χ0n) is 16.7. The Balaban J connectivity index is 1.47. The molecule has 0 aliphatic carbocycles. The summed E-state index contributed by atoms with van der Waals surface area (Å²) in [5.41, 5.74) is 0.583. The number of amides is 1. The predicted molar refractivity (Wildman–Crippen MR) is 116 cm³/mol. The molecule has 2 aromatic carbocycles. The van der Waals surface area contributed by atoms with Crippen molar-refractivity contribution < 1.29 is 18.1 Å². The number of carbonyl (C=O) groups is 1. The molecule has 11 heteroatoms. The van der Waals surface area contributed by atoms with Crippen LogP contribution in [0.4, 0.5) is 5.69 Å². The molecule has 1 heterocycles. The summed E-state index contributed by atoms with van der Waals surface area (Å²) in [5, 5.41) is 14.4. The number of piperazine rings is 1. The topological polar surface area (TPSA) is 113 Å². The summed E-state index contributed by atoms with van der Waals surface area (Å²) in [7, 11) is -3.81. The minimum Gasteiger partial charge on any atom is -0.352 e. The van der Waals surface area contributed by atoms with E-state index in [0.29, 0.717) is 37.6 Å². The maximum Gasteiger partial charge on any atom is 0.270 e. The number of nitro groups is 1. The molecule has 0 unspecified atom stereocenters. The standard InChI is InChI=1S/C20H23ClN4O5S/c21-19-7-2-1-4-16(19)15-22-20(26)8-9-23-10-12-24(13-11-23)31(29,30)18-6-3-5-17(14-18)25(27)28/h1-7,14H,8-13,15H2,(H,22,26). The van der Waals surface area contributed by atoms with E-state index in [-0.39, 0.29) is 29.6 Å². The first kappa shape index (κ1) is 23.1. The number of nitro benzene ring substituents is 1. The third-order valence-corrected chi connectivity index (χ3v) is 7.35. The predicted octanol–water partition coefficient (Wildman–Crippen LogP) is 2.26. The van der Waals surface area contributed by atoms with Gasteiger partial charge in [-0.25, -0.2) is 8.42 Å². The van der Waals surface area contributed by atoms with Gasteiger partial charge in [-0.2, -0.15) is 4.31 Å². The van der Waals surface area contributed by atoms with Gasteiger partial charge in [-0.05, 0) is 17.7 Å². The zero-order chi connectivity index (χ0) is 22.4. The van der Waals surface area contributed by atoms with Gasteiger partial charge in [0.05, 0.1) is 9.82 Å². The van der Waals surface area contributed by atoms with Gasteiger partial charge < -0.3 is 10.2 Å². The van der Waals surface area contributed by atoms with Gasteiger partial charge in [0.2, 0.25) is 15.9 Å². The molecule has 166 valence electrons. The summed E-state index contributed by atoms with van der Waals surface area (Å²) < 4.78 is 26.9. The molecule has 0 atom stereocenters.